The summed E-state index contributed by atoms with van der Waals surface area (Å²) in [7, 11) is 0. The van der Waals surface area contributed by atoms with Gasteiger partial charge in [0.2, 0.25) is 11.8 Å². The third kappa shape index (κ3) is 11.5. The Labute approximate surface area is 260 Å². The lowest BCUT2D eigenvalue weighted by Crippen LogP contribution is -2.63. The maximum Gasteiger partial charge on any atom is 0.411 e. The Kier molecular flexibility index (Phi) is 14.8. The number of carbonyl (C=O) groups excluding carboxylic acids is 3. The summed E-state index contributed by atoms with van der Waals surface area (Å²) in [6.45, 7) is 6.03. The van der Waals surface area contributed by atoms with Crippen molar-refractivity contribution >= 4 is 29.3 Å². The fourth-order valence-corrected chi connectivity index (χ4v) is 5.60. The number of anilines is 2. The molecule has 0 aliphatic carbocycles. The Bertz CT molecular complexity index is 1110. The van der Waals surface area contributed by atoms with Gasteiger partial charge in [0.05, 0.1) is 12.3 Å². The summed E-state index contributed by atoms with van der Waals surface area (Å²) in [6.07, 6.45) is 21.4. The number of benzene rings is 2. The van der Waals surface area contributed by atoms with Crippen LogP contribution in [0.1, 0.15) is 135 Å². The normalized spacial score (nSPS) is 14.1. The molecule has 0 bridgehead atoms. The van der Waals surface area contributed by atoms with Crippen molar-refractivity contribution in [2.45, 2.75) is 130 Å². The largest absolute Gasteiger partial charge is 0.449 e. The van der Waals surface area contributed by atoms with E-state index in [-0.39, 0.29) is 11.8 Å². The first-order chi connectivity index (χ1) is 20.8. The summed E-state index contributed by atoms with van der Waals surface area (Å²) < 4.78 is 5.36. The SMILES string of the molecule is CCCCCCCCCCCCCCCCCCOC(=O)Nc1ccc(Cc2ccc(N3C(=O)C(C)(C)C3=O)cc2)cc1. The molecule has 0 unspecified atom stereocenters. The van der Waals surface area contributed by atoms with Crippen LogP contribution in [-0.4, -0.2) is 24.5 Å². The van der Waals surface area contributed by atoms with Gasteiger partial charge < -0.3 is 4.74 Å². The predicted molar refractivity (Wildman–Crippen MR) is 176 cm³/mol. The number of nitrogens with zero attached hydrogens (tertiary/aromatic N) is 1. The highest BCUT2D eigenvalue weighted by Gasteiger charge is 2.54. The van der Waals surface area contributed by atoms with E-state index in [4.69, 9.17) is 4.74 Å². The highest BCUT2D eigenvalue weighted by molar-refractivity contribution is 6.35. The van der Waals surface area contributed by atoms with Crippen LogP contribution in [0.15, 0.2) is 48.5 Å². The number of β-lactam (4-membered cyclic amide) rings is 2. The van der Waals surface area contributed by atoms with Crippen LogP contribution in [0.2, 0.25) is 0 Å². The van der Waals surface area contributed by atoms with E-state index in [1.165, 1.54) is 94.8 Å². The summed E-state index contributed by atoms with van der Waals surface area (Å²) in [5.74, 6) is -0.339. The second-order valence-electron chi connectivity index (χ2n) is 12.7. The zero-order chi connectivity index (χ0) is 30.9. The standard InChI is InChI=1S/C37H54N2O4/c1-4-5-6-7-8-9-10-11-12-13-14-15-16-17-18-19-28-43-36(42)38-32-24-20-30(21-25-32)29-31-22-26-33(27-23-31)39-34(40)37(2,3)35(39)41/h20-27H,4-19,28-29H2,1-3H3,(H,38,42). The number of rotatable bonds is 21. The lowest BCUT2D eigenvalue weighted by molar-refractivity contribution is -0.149. The number of hydrogen-bond donors (Lipinski definition) is 1. The first-order valence-electron chi connectivity index (χ1n) is 16.8. The Morgan fingerprint density at radius 3 is 1.53 bits per heavy atom. The zero-order valence-electron chi connectivity index (χ0n) is 26.9. The first-order valence-corrected chi connectivity index (χ1v) is 16.8. The summed E-state index contributed by atoms with van der Waals surface area (Å²) in [5.41, 5.74) is 2.55. The number of unbranched alkanes of at least 4 members (excludes halogenated alkanes) is 15. The minimum absolute atomic E-state index is 0.170. The first kappa shape index (κ1) is 34.3. The molecule has 0 aromatic heterocycles. The van der Waals surface area contributed by atoms with Crippen LogP contribution in [0, 0.1) is 5.41 Å². The van der Waals surface area contributed by atoms with E-state index in [1.807, 2.05) is 48.5 Å². The quantitative estimate of drug-likeness (QED) is 0.0892. The molecule has 0 spiro atoms. The Morgan fingerprint density at radius 2 is 1.07 bits per heavy atom. The van der Waals surface area contributed by atoms with Crippen molar-refractivity contribution in [1.82, 2.24) is 0 Å². The lowest BCUT2D eigenvalue weighted by atomic mass is 9.81. The zero-order valence-corrected chi connectivity index (χ0v) is 26.9. The second-order valence-corrected chi connectivity index (χ2v) is 12.7. The molecule has 3 amide bonds. The Morgan fingerprint density at radius 1 is 0.651 bits per heavy atom. The van der Waals surface area contributed by atoms with Crippen LogP contribution in [0.5, 0.6) is 0 Å². The molecule has 236 valence electrons. The summed E-state index contributed by atoms with van der Waals surface area (Å²) >= 11 is 0. The molecule has 2 aromatic carbocycles. The van der Waals surface area contributed by atoms with Gasteiger partial charge in [-0.05, 0) is 62.1 Å². The molecule has 1 aliphatic rings. The maximum absolute atomic E-state index is 12.2. The van der Waals surface area contributed by atoms with Crippen LogP contribution < -0.4 is 10.2 Å². The molecule has 0 saturated carbocycles. The molecule has 3 rings (SSSR count). The van der Waals surface area contributed by atoms with E-state index in [9.17, 15) is 14.4 Å². The molecular weight excluding hydrogens is 536 g/mol. The van der Waals surface area contributed by atoms with Gasteiger partial charge in [-0.15, -0.1) is 0 Å². The molecule has 1 N–H and O–H groups in total. The number of imide groups is 1. The summed E-state index contributed by atoms with van der Waals surface area (Å²) in [6, 6.07) is 15.2. The molecule has 6 heteroatoms. The monoisotopic (exact) mass is 590 g/mol. The van der Waals surface area contributed by atoms with Crippen LogP contribution in [0.4, 0.5) is 16.2 Å². The number of hydrogen-bond acceptors (Lipinski definition) is 4. The van der Waals surface area contributed by atoms with Gasteiger partial charge in [0, 0.05) is 5.69 Å². The fraction of sp³-hybridized carbons (Fsp3) is 0.595. The van der Waals surface area contributed by atoms with Crippen molar-refractivity contribution in [3.8, 4) is 0 Å². The van der Waals surface area contributed by atoms with Crippen LogP contribution in [-0.2, 0) is 20.7 Å². The van der Waals surface area contributed by atoms with Gasteiger partial charge in [-0.1, -0.05) is 128 Å². The second kappa shape index (κ2) is 18.5. The van der Waals surface area contributed by atoms with Crippen LogP contribution in [0.3, 0.4) is 0 Å². The van der Waals surface area contributed by atoms with Crippen molar-refractivity contribution in [3.63, 3.8) is 0 Å². The van der Waals surface area contributed by atoms with E-state index in [1.54, 1.807) is 13.8 Å². The van der Waals surface area contributed by atoms with E-state index >= 15 is 0 Å². The molecule has 0 radical (unpaired) electrons. The number of amides is 3. The van der Waals surface area contributed by atoms with E-state index < -0.39 is 11.5 Å². The third-order valence-electron chi connectivity index (χ3n) is 8.51. The number of carbonyl (C=O) groups is 3. The summed E-state index contributed by atoms with van der Waals surface area (Å²) in [5, 5.41) is 2.80. The number of ether oxygens (including phenoxy) is 1. The minimum Gasteiger partial charge on any atom is -0.449 e. The van der Waals surface area contributed by atoms with Crippen LogP contribution in [0.25, 0.3) is 0 Å². The summed E-state index contributed by atoms with van der Waals surface area (Å²) in [4.78, 5) is 37.9. The van der Waals surface area contributed by atoms with Crippen molar-refractivity contribution in [2.24, 2.45) is 5.41 Å². The molecule has 6 nitrogen and oxygen atoms in total. The third-order valence-corrected chi connectivity index (χ3v) is 8.51. The highest BCUT2D eigenvalue weighted by atomic mass is 16.5. The van der Waals surface area contributed by atoms with Crippen molar-refractivity contribution in [3.05, 3.63) is 59.7 Å². The molecule has 2 aromatic rings. The molecule has 1 aliphatic heterocycles. The highest BCUT2D eigenvalue weighted by Crippen LogP contribution is 2.36. The van der Waals surface area contributed by atoms with Gasteiger partial charge in [-0.2, -0.15) is 0 Å². The van der Waals surface area contributed by atoms with E-state index in [2.05, 4.69) is 12.2 Å². The maximum atomic E-state index is 12.2. The average Bonchev–Trinajstić information content (AvgIpc) is 3.00. The van der Waals surface area contributed by atoms with E-state index in [0.717, 1.165) is 24.0 Å². The lowest BCUT2D eigenvalue weighted by Gasteiger charge is -2.41. The fourth-order valence-electron chi connectivity index (χ4n) is 5.60. The van der Waals surface area contributed by atoms with Crippen molar-refractivity contribution in [2.75, 3.05) is 16.8 Å². The molecule has 0 atom stereocenters. The van der Waals surface area contributed by atoms with Gasteiger partial charge in [-0.3, -0.25) is 14.9 Å². The van der Waals surface area contributed by atoms with Crippen LogP contribution >= 0.6 is 0 Å². The van der Waals surface area contributed by atoms with E-state index in [0.29, 0.717) is 24.4 Å². The number of nitrogens with one attached hydrogen (secondary N) is 1. The average molecular weight is 591 g/mol. The van der Waals surface area contributed by atoms with Crippen molar-refractivity contribution in [1.29, 1.82) is 0 Å². The Balaban J connectivity index is 1.18. The smallest absolute Gasteiger partial charge is 0.411 e. The molecular formula is C37H54N2O4. The van der Waals surface area contributed by atoms with Gasteiger partial charge in [0.15, 0.2) is 0 Å². The topological polar surface area (TPSA) is 75.7 Å². The predicted octanol–water partition coefficient (Wildman–Crippen LogP) is 9.99. The van der Waals surface area contributed by atoms with Gasteiger partial charge in [-0.25, -0.2) is 9.69 Å². The van der Waals surface area contributed by atoms with Crippen molar-refractivity contribution < 1.29 is 19.1 Å². The van der Waals surface area contributed by atoms with Gasteiger partial charge in [0.25, 0.3) is 0 Å². The molecule has 1 fully saturated rings. The molecule has 1 heterocycles. The molecule has 1 saturated heterocycles. The molecule has 43 heavy (non-hydrogen) atoms. The Hall–Kier alpha value is -3.15. The minimum atomic E-state index is -0.924. The van der Waals surface area contributed by atoms with Gasteiger partial charge >= 0.3 is 6.09 Å². The van der Waals surface area contributed by atoms with Gasteiger partial charge in [0.1, 0.15) is 5.41 Å².